The number of aliphatic hydroxyl groups excluding tert-OH is 1. The number of aliphatic hydroxyl groups is 1. The smallest absolute Gasteiger partial charge is 0.412 e. The number of aryl methyl sites for hydroxylation is 2. The van der Waals surface area contributed by atoms with Gasteiger partial charge >= 0.3 is 24.3 Å². The Morgan fingerprint density at radius 3 is 1.24 bits per heavy atom. The summed E-state index contributed by atoms with van der Waals surface area (Å²) < 4.78 is 98.1. The van der Waals surface area contributed by atoms with Crippen LogP contribution in [-0.4, -0.2) is 97.1 Å². The number of ether oxygens (including phenoxy) is 1. The number of ketones is 2. The highest BCUT2D eigenvalue weighted by molar-refractivity contribution is 7.09. The van der Waals surface area contributed by atoms with Gasteiger partial charge in [-0.1, -0.05) is 147 Å². The van der Waals surface area contributed by atoms with Gasteiger partial charge in [-0.05, 0) is 130 Å². The SMILES string of the molecule is C=CC/C(=C\C[C@H](O)/C(C)=C/c1csc(C)n1)C(F)(F)F.C=CC/C(=C\C[C@H](OC(=O)C[C@H](C)C(C)(C)C(=O)[C@H](C)[C@@H](O[Si](C)(C)C(C)(C)C)[C@@H](C)C=C)/C(C)=C/c1csc(C)n1)C(F)(F)F.C=C[C@H](C)[C@@H](O[Si](C)(C)C(C)(C)C)[C@@H](C)C(=O)C(C)(C)[C@@H](C)CC(=O)O. The molecule has 11 nitrogen and oxygen atoms in total. The second-order valence-electron chi connectivity index (χ2n) is 29.0. The van der Waals surface area contributed by atoms with Gasteiger partial charge < -0.3 is 23.8 Å². The molecule has 93 heavy (non-hydrogen) atoms. The minimum Gasteiger partial charge on any atom is -0.481 e. The average molecular weight is 1390 g/mol. The van der Waals surface area contributed by atoms with Crippen LogP contribution in [0.25, 0.3) is 12.2 Å². The molecule has 0 aromatic carbocycles. The number of hydrogen-bond acceptors (Lipinski definition) is 12. The van der Waals surface area contributed by atoms with E-state index in [1.807, 2.05) is 106 Å². The summed E-state index contributed by atoms with van der Waals surface area (Å²) in [5.41, 5.74) is -0.586. The third-order valence-electron chi connectivity index (χ3n) is 18.7. The molecule has 2 aromatic rings. The van der Waals surface area contributed by atoms with Crippen LogP contribution in [0.2, 0.25) is 36.3 Å². The van der Waals surface area contributed by atoms with Gasteiger partial charge in [0.25, 0.3) is 0 Å². The van der Waals surface area contributed by atoms with Crippen molar-refractivity contribution in [2.75, 3.05) is 0 Å². The number of alkyl halides is 6. The maximum Gasteiger partial charge on any atom is 0.412 e. The Kier molecular flexibility index (Phi) is 35.3. The zero-order valence-electron chi connectivity index (χ0n) is 60.3. The molecule has 2 aromatic heterocycles. The number of carboxylic acids is 1. The molecule has 0 spiro atoms. The fraction of sp³-hybridized carbons (Fsp3) is 0.639. The van der Waals surface area contributed by atoms with Crippen molar-refractivity contribution < 1.29 is 69.3 Å². The lowest BCUT2D eigenvalue weighted by Gasteiger charge is -2.43. The first kappa shape index (κ1) is 88.4. The van der Waals surface area contributed by atoms with E-state index in [0.717, 1.165) is 22.2 Å². The van der Waals surface area contributed by atoms with Gasteiger partial charge in [0.05, 0.1) is 39.7 Å². The fourth-order valence-corrected chi connectivity index (χ4v) is 13.4. The molecule has 21 heteroatoms. The topological polar surface area (TPSA) is 162 Å². The number of esters is 1. The van der Waals surface area contributed by atoms with E-state index < -0.39 is 86.9 Å². The molecule has 0 radical (unpaired) electrons. The fourth-order valence-electron chi connectivity index (χ4n) is 9.32. The van der Waals surface area contributed by atoms with E-state index in [1.165, 1.54) is 34.8 Å². The summed E-state index contributed by atoms with van der Waals surface area (Å²) in [4.78, 5) is 60.4. The quantitative estimate of drug-likeness (QED) is 0.0303. The molecule has 0 saturated carbocycles. The number of nitrogens with zero attached hydrogens (tertiary/aromatic N) is 2. The normalized spacial score (nSPS) is 16.9. The van der Waals surface area contributed by atoms with E-state index >= 15 is 0 Å². The van der Waals surface area contributed by atoms with Crippen LogP contribution in [0.1, 0.15) is 185 Å². The molecule has 2 N–H and O–H groups in total. The summed E-state index contributed by atoms with van der Waals surface area (Å²) in [7, 11) is -4.28. The summed E-state index contributed by atoms with van der Waals surface area (Å²) in [6.07, 6.45) is -0.893. The van der Waals surface area contributed by atoms with Crippen molar-refractivity contribution in [3.63, 3.8) is 0 Å². The van der Waals surface area contributed by atoms with E-state index in [0.29, 0.717) is 22.5 Å². The molecule has 2 heterocycles. The van der Waals surface area contributed by atoms with Crippen LogP contribution in [0.4, 0.5) is 26.3 Å². The molecule has 0 amide bonds. The molecule has 0 fully saturated rings. The maximum absolute atomic E-state index is 14.1. The second kappa shape index (κ2) is 37.2. The van der Waals surface area contributed by atoms with Gasteiger partial charge in [-0.3, -0.25) is 19.2 Å². The lowest BCUT2D eigenvalue weighted by molar-refractivity contribution is -0.150. The Balaban J connectivity index is 0.00000151. The van der Waals surface area contributed by atoms with E-state index in [9.17, 15) is 50.6 Å². The van der Waals surface area contributed by atoms with Gasteiger partial charge in [0.2, 0.25) is 0 Å². The summed E-state index contributed by atoms with van der Waals surface area (Å²) >= 11 is 2.92. The molecule has 2 rings (SSSR count). The van der Waals surface area contributed by atoms with Gasteiger partial charge in [-0.15, -0.1) is 49.0 Å². The Morgan fingerprint density at radius 2 is 0.935 bits per heavy atom. The Morgan fingerprint density at radius 1 is 0.591 bits per heavy atom. The number of halogens is 6. The standard InChI is InChI=1S/C36H56F3NO4SSi.C21H40O4Si.C15H18F3NOS/c1-15-17-28(36(37,38)39)18-19-30(24(4)20-29-22-45-27(7)40-29)43-31(41)21-25(5)35(11,12)33(42)26(6)32(23(3)16-2)44-46(13,14)34(8,9)10;1-12-14(2)18(25-26(10,11)20(5,6)7)16(4)19(24)21(8,9)15(3)13-17(22)23;1-4-5-12(15(16,17)18)6-7-14(20)10(2)8-13-9-21-11(3)19-13/h15-16,18,20,22-23,25-26,30,32H,1-2,17,19,21H2,3-14H3;12,14-16,18H,1,13H2,2-11H3,(H,22,23);4,6,8-9,14,20H,1,5,7H2,2-3H3/b24-20+,28-18+;;10-8+,12-6+/t23-,25-,26+,30-,32-;14-,15-,16+,18+;14-/m000/s1. The highest BCUT2D eigenvalue weighted by atomic mass is 32.1. The monoisotopic (exact) mass is 1380 g/mol. The van der Waals surface area contributed by atoms with Crippen LogP contribution in [-0.2, 0) is 32.8 Å². The molecule has 0 aliphatic heterocycles. The number of rotatable bonds is 33. The van der Waals surface area contributed by atoms with Crippen molar-refractivity contribution in [1.29, 1.82) is 0 Å². The number of carboxylic acid groups (broad SMARTS) is 1. The van der Waals surface area contributed by atoms with Crippen LogP contribution in [0.5, 0.6) is 0 Å². The average Bonchev–Trinajstić information content (AvgIpc) is 1.33. The number of carbonyl (C=O) groups is 4. The van der Waals surface area contributed by atoms with Crippen molar-refractivity contribution in [1.82, 2.24) is 9.97 Å². The minimum absolute atomic E-state index is 0.0176. The first-order chi connectivity index (χ1) is 42.1. The number of aliphatic carboxylic acids is 1. The third-order valence-corrected chi connectivity index (χ3v) is 29.2. The van der Waals surface area contributed by atoms with Crippen molar-refractivity contribution in [3.8, 4) is 0 Å². The van der Waals surface area contributed by atoms with Crippen LogP contribution < -0.4 is 0 Å². The predicted molar refractivity (Wildman–Crippen MR) is 378 cm³/mol. The van der Waals surface area contributed by atoms with Crippen molar-refractivity contribution in [2.24, 2.45) is 46.3 Å². The van der Waals surface area contributed by atoms with E-state index in [4.69, 9.17) is 18.7 Å². The maximum atomic E-state index is 14.1. The van der Waals surface area contributed by atoms with Gasteiger partial charge in [0.1, 0.15) is 17.7 Å². The molecule has 0 aliphatic rings. The molecule has 0 aliphatic carbocycles. The van der Waals surface area contributed by atoms with E-state index in [2.05, 4.69) is 104 Å². The molecule has 10 atom stereocenters. The summed E-state index contributed by atoms with van der Waals surface area (Å²) in [5, 5.41) is 24.4. The first-order valence-electron chi connectivity index (χ1n) is 31.8. The number of carbonyl (C=O) groups excluding carboxylic acids is 3. The van der Waals surface area contributed by atoms with Gasteiger partial charge in [-0.2, -0.15) is 26.3 Å². The Labute approximate surface area is 564 Å². The molecular formula is C72H114F6N2O9S2Si2. The number of allylic oxidation sites excluding steroid dienone is 4. The van der Waals surface area contributed by atoms with Crippen molar-refractivity contribution in [2.45, 2.75) is 250 Å². The third kappa shape index (κ3) is 28.5. The number of thiazole rings is 2. The van der Waals surface area contributed by atoms with Crippen LogP contribution in [0.15, 0.2) is 95.8 Å². The van der Waals surface area contributed by atoms with Gasteiger partial charge in [0.15, 0.2) is 16.6 Å². The lowest BCUT2D eigenvalue weighted by Crippen LogP contribution is -2.50. The molecular weight excluding hydrogens is 1270 g/mol. The van der Waals surface area contributed by atoms with Crippen molar-refractivity contribution in [3.05, 3.63) is 117 Å². The number of aromatic nitrogens is 2. The van der Waals surface area contributed by atoms with Crippen LogP contribution in [0, 0.1) is 60.2 Å². The minimum atomic E-state index is -4.53. The highest BCUT2D eigenvalue weighted by Gasteiger charge is 2.48. The van der Waals surface area contributed by atoms with E-state index in [1.54, 1.807) is 26.0 Å². The molecule has 0 saturated heterocycles. The number of Topliss-reactive ketones (excluding diaryl/α,β-unsaturated/α-hetero) is 2. The summed E-state index contributed by atoms with van der Waals surface area (Å²) in [6, 6.07) is 0. The largest absolute Gasteiger partial charge is 0.481 e. The first-order valence-corrected chi connectivity index (χ1v) is 39.4. The number of hydrogen-bond donors (Lipinski definition) is 2. The molecule has 0 unspecified atom stereocenters. The predicted octanol–water partition coefficient (Wildman–Crippen LogP) is 20.9. The van der Waals surface area contributed by atoms with Crippen LogP contribution >= 0.6 is 22.7 Å². The highest BCUT2D eigenvalue weighted by Crippen LogP contribution is 2.44. The Bertz CT molecular complexity index is 2920. The molecule has 0 bridgehead atoms. The van der Waals surface area contributed by atoms with Crippen LogP contribution in [0.3, 0.4) is 0 Å². The van der Waals surface area contributed by atoms with Gasteiger partial charge in [0, 0.05) is 63.8 Å². The Hall–Kier alpha value is -4.65. The van der Waals surface area contributed by atoms with Gasteiger partial charge in [-0.25, -0.2) is 9.97 Å². The summed E-state index contributed by atoms with van der Waals surface area (Å²) in [5.74, 6) is -2.94. The zero-order valence-corrected chi connectivity index (χ0v) is 64.0. The summed E-state index contributed by atoms with van der Waals surface area (Å²) in [6.45, 7) is 62.2. The van der Waals surface area contributed by atoms with E-state index in [-0.39, 0.29) is 96.0 Å². The zero-order chi connectivity index (χ0) is 73.0. The van der Waals surface area contributed by atoms with Crippen molar-refractivity contribution >= 4 is 75.0 Å². The second-order valence-corrected chi connectivity index (χ2v) is 40.6. The lowest BCUT2D eigenvalue weighted by atomic mass is 9.69. The molecule has 528 valence electrons.